The number of hydroxylamine groups is 1. The van der Waals surface area contributed by atoms with Gasteiger partial charge in [-0.2, -0.15) is 0 Å². The van der Waals surface area contributed by atoms with E-state index in [-0.39, 0.29) is 18.1 Å². The predicted molar refractivity (Wildman–Crippen MR) is 160 cm³/mol. The summed E-state index contributed by atoms with van der Waals surface area (Å²) in [6.07, 6.45) is 3.82. The number of amides is 2. The molecule has 3 N–H and O–H groups in total. The molecule has 0 saturated heterocycles. The lowest BCUT2D eigenvalue weighted by atomic mass is 9.76. The molecule has 12 heteroatoms. The molecule has 2 amide bonds. The van der Waals surface area contributed by atoms with Crippen molar-refractivity contribution in [2.45, 2.75) is 56.3 Å². The fraction of sp³-hybridized carbons (Fsp3) is 0.323. The topological polar surface area (TPSA) is 142 Å². The van der Waals surface area contributed by atoms with Crippen LogP contribution in [0.4, 0.5) is 0 Å². The monoisotopic (exact) mass is 625 g/mol. The Morgan fingerprint density at radius 1 is 1.00 bits per heavy atom. The Labute approximate surface area is 255 Å². The average molecular weight is 626 g/mol. The Bertz CT molecular complexity index is 1610. The highest BCUT2D eigenvalue weighted by atomic mass is 35.5. The maximum absolute atomic E-state index is 14.2. The van der Waals surface area contributed by atoms with E-state index in [0.717, 1.165) is 19.1 Å². The number of aromatic carboxylic acids is 1. The number of sulfonamides is 1. The van der Waals surface area contributed by atoms with Crippen molar-refractivity contribution in [3.8, 4) is 0 Å². The van der Waals surface area contributed by atoms with Crippen LogP contribution in [0.1, 0.15) is 75.0 Å². The van der Waals surface area contributed by atoms with Gasteiger partial charge in [-0.25, -0.2) is 23.4 Å². The first kappa shape index (κ1) is 30.7. The maximum atomic E-state index is 14.2. The number of benzene rings is 3. The van der Waals surface area contributed by atoms with E-state index in [9.17, 15) is 22.8 Å². The highest BCUT2D eigenvalue weighted by Gasteiger charge is 2.49. The zero-order valence-electron chi connectivity index (χ0n) is 23.4. The third-order valence-electron chi connectivity index (χ3n) is 7.93. The lowest BCUT2D eigenvalue weighted by molar-refractivity contribution is -0.138. The van der Waals surface area contributed by atoms with Crippen molar-refractivity contribution in [1.82, 2.24) is 15.1 Å². The van der Waals surface area contributed by atoms with Gasteiger partial charge in [-0.3, -0.25) is 14.4 Å². The number of rotatable bonds is 9. The van der Waals surface area contributed by atoms with Crippen molar-refractivity contribution in [3.63, 3.8) is 0 Å². The number of carbonyl (C=O) groups is 3. The summed E-state index contributed by atoms with van der Waals surface area (Å²) >= 11 is 6.20. The summed E-state index contributed by atoms with van der Waals surface area (Å²) in [7, 11) is -3.57. The summed E-state index contributed by atoms with van der Waals surface area (Å²) < 4.78 is 27.4. The number of halogens is 1. The Balaban J connectivity index is 1.52. The minimum absolute atomic E-state index is 0.0166. The van der Waals surface area contributed by atoms with Crippen molar-refractivity contribution >= 4 is 39.4 Å². The molecule has 0 aromatic heterocycles. The first-order valence-electron chi connectivity index (χ1n) is 13.9. The second kappa shape index (κ2) is 12.8. The van der Waals surface area contributed by atoms with E-state index in [4.69, 9.17) is 21.5 Å². The van der Waals surface area contributed by atoms with E-state index < -0.39 is 45.9 Å². The summed E-state index contributed by atoms with van der Waals surface area (Å²) in [5.74, 6) is -2.72. The van der Waals surface area contributed by atoms with Gasteiger partial charge in [-0.05, 0) is 59.9 Å². The largest absolute Gasteiger partial charge is 0.478 e. The van der Waals surface area contributed by atoms with Gasteiger partial charge in [-0.15, -0.1) is 0 Å². The smallest absolute Gasteiger partial charge is 0.335 e. The van der Waals surface area contributed by atoms with Crippen LogP contribution in [0, 0.1) is 0 Å². The summed E-state index contributed by atoms with van der Waals surface area (Å²) in [4.78, 5) is 46.6. The molecule has 1 fully saturated rings. The van der Waals surface area contributed by atoms with Crippen LogP contribution in [0.15, 0.2) is 72.8 Å². The number of fused-ring (bicyclic) bond motifs is 1. The van der Waals surface area contributed by atoms with E-state index in [1.165, 1.54) is 12.1 Å². The average Bonchev–Trinajstić information content (AvgIpc) is 2.97. The maximum Gasteiger partial charge on any atom is 0.335 e. The highest BCUT2D eigenvalue weighted by Crippen LogP contribution is 2.46. The van der Waals surface area contributed by atoms with Crippen molar-refractivity contribution in [3.05, 3.63) is 106 Å². The van der Waals surface area contributed by atoms with Gasteiger partial charge in [0.05, 0.1) is 30.4 Å². The van der Waals surface area contributed by atoms with Gasteiger partial charge >= 0.3 is 5.97 Å². The summed E-state index contributed by atoms with van der Waals surface area (Å²) in [6, 6.07) is 18.1. The molecule has 3 aromatic rings. The van der Waals surface area contributed by atoms with E-state index >= 15 is 0 Å². The van der Waals surface area contributed by atoms with Crippen LogP contribution >= 0.6 is 11.6 Å². The van der Waals surface area contributed by atoms with E-state index in [0.29, 0.717) is 40.1 Å². The summed E-state index contributed by atoms with van der Waals surface area (Å²) in [6.45, 7) is -0.0166. The van der Waals surface area contributed by atoms with Crippen LogP contribution in [-0.2, 0) is 26.3 Å². The third-order valence-corrected chi connectivity index (χ3v) is 8.92. The second-order valence-corrected chi connectivity index (χ2v) is 13.1. The van der Waals surface area contributed by atoms with Gasteiger partial charge in [0, 0.05) is 22.7 Å². The third kappa shape index (κ3) is 6.91. The van der Waals surface area contributed by atoms with E-state index in [2.05, 4.69) is 10.2 Å². The zero-order valence-corrected chi connectivity index (χ0v) is 25.0. The van der Waals surface area contributed by atoms with Gasteiger partial charge in [0.1, 0.15) is 0 Å². The molecule has 0 radical (unpaired) electrons. The van der Waals surface area contributed by atoms with Gasteiger partial charge in [0.2, 0.25) is 10.0 Å². The van der Waals surface area contributed by atoms with Crippen LogP contribution in [0.3, 0.4) is 0 Å². The number of carbonyl (C=O) groups excluding carboxylic acids is 2. The Kier molecular flexibility index (Phi) is 9.16. The molecule has 4 atom stereocenters. The Morgan fingerprint density at radius 3 is 2.35 bits per heavy atom. The first-order chi connectivity index (χ1) is 20.5. The quantitative estimate of drug-likeness (QED) is 0.299. The number of hydrogen-bond donors (Lipinski definition) is 3. The fourth-order valence-corrected chi connectivity index (χ4v) is 7.02. The molecule has 0 spiro atoms. The predicted octanol–water partition coefficient (Wildman–Crippen LogP) is 4.43. The molecule has 0 bridgehead atoms. The minimum Gasteiger partial charge on any atom is -0.478 e. The van der Waals surface area contributed by atoms with E-state index in [1.54, 1.807) is 65.6 Å². The molecule has 0 unspecified atom stereocenters. The molecule has 3 aromatic carbocycles. The molecule has 10 nitrogen and oxygen atoms in total. The molecular weight excluding hydrogens is 594 g/mol. The van der Waals surface area contributed by atoms with Gasteiger partial charge in [0.15, 0.2) is 0 Å². The van der Waals surface area contributed by atoms with Crippen molar-refractivity contribution in [2.75, 3.05) is 6.26 Å². The molecular formula is C31H32ClN3O7S. The number of nitrogens with one attached hydrogen (secondary N) is 2. The number of nitrogens with zero attached hydrogens (tertiary/aromatic N) is 1. The molecule has 5 rings (SSSR count). The van der Waals surface area contributed by atoms with Gasteiger partial charge < -0.3 is 10.0 Å². The normalized spacial score (nSPS) is 22.1. The van der Waals surface area contributed by atoms with Crippen molar-refractivity contribution in [2.24, 2.45) is 0 Å². The lowest BCUT2D eigenvalue weighted by Crippen LogP contribution is -2.59. The molecule has 43 heavy (non-hydrogen) atoms. The van der Waals surface area contributed by atoms with Crippen LogP contribution in [-0.4, -0.2) is 54.5 Å². The second-order valence-electron chi connectivity index (χ2n) is 10.9. The molecule has 1 aliphatic carbocycles. The molecule has 1 aliphatic heterocycles. The highest BCUT2D eigenvalue weighted by molar-refractivity contribution is 7.88. The molecule has 226 valence electrons. The molecule has 1 saturated carbocycles. The SMILES string of the molecule is CS(=O)(=O)N[C@H]1CCCC[C@@H]1N1C(=O)c2ccccc2[C@@H](C(=O)NOCc2ccc(C(=O)O)cc2)[C@@H]1c1ccc(Cl)cc1. The first-order valence-corrected chi connectivity index (χ1v) is 16.2. The number of hydrogen-bond acceptors (Lipinski definition) is 6. The minimum atomic E-state index is -3.57. The Morgan fingerprint density at radius 2 is 1.67 bits per heavy atom. The van der Waals surface area contributed by atoms with Crippen molar-refractivity contribution < 1.29 is 32.7 Å². The van der Waals surface area contributed by atoms with Crippen LogP contribution < -0.4 is 10.2 Å². The molecule has 1 heterocycles. The lowest BCUT2D eigenvalue weighted by Gasteiger charge is -2.49. The van der Waals surface area contributed by atoms with Crippen LogP contribution in [0.2, 0.25) is 5.02 Å². The van der Waals surface area contributed by atoms with Crippen molar-refractivity contribution in [1.29, 1.82) is 0 Å². The van der Waals surface area contributed by atoms with Gasteiger partial charge in [-0.1, -0.05) is 66.9 Å². The van der Waals surface area contributed by atoms with Gasteiger partial charge in [0.25, 0.3) is 11.8 Å². The van der Waals surface area contributed by atoms with Crippen LogP contribution in [0.25, 0.3) is 0 Å². The van der Waals surface area contributed by atoms with Crippen LogP contribution in [0.5, 0.6) is 0 Å². The summed E-state index contributed by atoms with van der Waals surface area (Å²) in [5, 5.41) is 9.62. The number of carboxylic acid groups (broad SMARTS) is 1. The Hall–Kier alpha value is -3.77. The zero-order chi connectivity index (χ0) is 30.7. The standard InChI is InChI=1S/C31H32ClN3O7S/c1-43(40,41)34-25-8-4-5-9-26(25)35-28(20-14-16-22(32)17-15-20)27(23-6-2-3-7-24(23)30(35)37)29(36)33-42-18-19-10-12-21(13-11-19)31(38)39/h2-3,6-7,10-17,25-28,34H,4-5,8-9,18H2,1H3,(H,33,36)(H,38,39)/t25-,26-,27+,28-/m0/s1. The van der Waals surface area contributed by atoms with E-state index in [1.807, 2.05) is 0 Å². The fourth-order valence-electron chi connectivity index (χ4n) is 6.07. The molecule has 2 aliphatic rings. The summed E-state index contributed by atoms with van der Waals surface area (Å²) in [5.41, 5.74) is 4.89. The number of carboxylic acids is 1.